The Balaban J connectivity index is 2.76. The van der Waals surface area contributed by atoms with Crippen LogP contribution in [0.25, 0.3) is 0 Å². The molecule has 0 radical (unpaired) electrons. The fraction of sp³-hybridized carbons (Fsp3) is 0.0588. The van der Waals surface area contributed by atoms with E-state index in [0.717, 1.165) is 24.3 Å². The number of carboxylic acid groups (broad SMARTS) is 4. The molecule has 2 aromatic rings. The molecule has 0 aromatic heterocycles. The monoisotopic (exact) mass is 376 g/mol. The van der Waals surface area contributed by atoms with Crippen molar-refractivity contribution in [1.82, 2.24) is 0 Å². The average molecular weight is 376 g/mol. The Morgan fingerprint density at radius 3 is 1.11 bits per heavy atom. The van der Waals surface area contributed by atoms with Gasteiger partial charge in [0.1, 0.15) is 22.6 Å². The van der Waals surface area contributed by atoms with Gasteiger partial charge in [0.15, 0.2) is 0 Å². The van der Waals surface area contributed by atoms with Crippen molar-refractivity contribution in [2.75, 3.05) is 0 Å². The first-order chi connectivity index (χ1) is 12.6. The van der Waals surface area contributed by atoms with Crippen LogP contribution in [0.15, 0.2) is 24.3 Å². The largest absolute Gasteiger partial charge is 0.507 e. The van der Waals surface area contributed by atoms with E-state index >= 15 is 0 Å². The fourth-order valence-electron chi connectivity index (χ4n) is 2.69. The number of carboxylic acids is 4. The number of carbonyl (C=O) groups is 4. The van der Waals surface area contributed by atoms with E-state index in [-0.39, 0.29) is 11.1 Å². The molecular weight excluding hydrogens is 364 g/mol. The minimum Gasteiger partial charge on any atom is -0.507 e. The first-order valence-corrected chi connectivity index (χ1v) is 7.19. The zero-order chi connectivity index (χ0) is 20.5. The summed E-state index contributed by atoms with van der Waals surface area (Å²) in [5.74, 6) is -8.35. The predicted molar refractivity (Wildman–Crippen MR) is 86.9 cm³/mol. The first kappa shape index (κ1) is 19.2. The lowest BCUT2D eigenvalue weighted by Crippen LogP contribution is -2.15. The maximum atomic E-state index is 11.5. The van der Waals surface area contributed by atoms with Gasteiger partial charge in [0.2, 0.25) is 0 Å². The van der Waals surface area contributed by atoms with E-state index in [1.54, 1.807) is 0 Å². The molecular formula is C17H12O10. The maximum Gasteiger partial charge on any atom is 0.340 e. The van der Waals surface area contributed by atoms with E-state index in [1.807, 2.05) is 0 Å². The lowest BCUT2D eigenvalue weighted by Gasteiger charge is -2.14. The molecule has 6 N–H and O–H groups in total. The Morgan fingerprint density at radius 1 is 0.556 bits per heavy atom. The molecule has 0 aliphatic heterocycles. The van der Waals surface area contributed by atoms with Crippen molar-refractivity contribution in [2.45, 2.75) is 6.42 Å². The van der Waals surface area contributed by atoms with Crippen molar-refractivity contribution in [2.24, 2.45) is 0 Å². The predicted octanol–water partition coefficient (Wildman–Crippen LogP) is 1.48. The van der Waals surface area contributed by atoms with Crippen molar-refractivity contribution in [3.8, 4) is 11.5 Å². The SMILES string of the molecule is O=C(O)c1c(O)ccc(Cc2ccc(O)c(C(=O)O)c2C(=O)O)c1C(=O)O. The maximum absolute atomic E-state index is 11.5. The summed E-state index contributed by atoms with van der Waals surface area (Å²) in [5, 5.41) is 56.3. The van der Waals surface area contributed by atoms with Gasteiger partial charge in [-0.1, -0.05) is 12.1 Å². The molecule has 27 heavy (non-hydrogen) atoms. The zero-order valence-electron chi connectivity index (χ0n) is 13.3. The number of aromatic hydroxyl groups is 2. The molecule has 0 amide bonds. The van der Waals surface area contributed by atoms with Crippen LogP contribution in [-0.4, -0.2) is 54.5 Å². The molecule has 0 saturated heterocycles. The van der Waals surface area contributed by atoms with Crippen molar-refractivity contribution >= 4 is 23.9 Å². The number of hydrogen-bond donors (Lipinski definition) is 6. The van der Waals surface area contributed by atoms with Gasteiger partial charge in [-0.3, -0.25) is 0 Å². The molecule has 10 heteroatoms. The van der Waals surface area contributed by atoms with Gasteiger partial charge < -0.3 is 30.6 Å². The highest BCUT2D eigenvalue weighted by Gasteiger charge is 2.28. The Bertz CT molecular complexity index is 910. The quantitative estimate of drug-likeness (QED) is 0.430. The van der Waals surface area contributed by atoms with Gasteiger partial charge in [0.05, 0.1) is 11.1 Å². The van der Waals surface area contributed by atoms with Crippen LogP contribution in [0.2, 0.25) is 0 Å². The summed E-state index contributed by atoms with van der Waals surface area (Å²) < 4.78 is 0. The van der Waals surface area contributed by atoms with Crippen LogP contribution < -0.4 is 0 Å². The van der Waals surface area contributed by atoms with Crippen molar-refractivity contribution in [1.29, 1.82) is 0 Å². The zero-order valence-corrected chi connectivity index (χ0v) is 13.3. The lowest BCUT2D eigenvalue weighted by atomic mass is 9.91. The summed E-state index contributed by atoms with van der Waals surface area (Å²) in [6.45, 7) is 0. The Labute approximate surface area is 150 Å². The second-order valence-corrected chi connectivity index (χ2v) is 5.39. The summed E-state index contributed by atoms with van der Waals surface area (Å²) >= 11 is 0. The molecule has 0 aliphatic carbocycles. The summed E-state index contributed by atoms with van der Waals surface area (Å²) in [5.41, 5.74) is -3.61. The molecule has 0 heterocycles. The molecule has 10 nitrogen and oxygen atoms in total. The minimum absolute atomic E-state index is 0.165. The highest BCUT2D eigenvalue weighted by Crippen LogP contribution is 2.30. The summed E-state index contributed by atoms with van der Waals surface area (Å²) in [6, 6.07) is 4.04. The molecule has 0 fully saturated rings. The van der Waals surface area contributed by atoms with Crippen LogP contribution >= 0.6 is 0 Å². The number of rotatable bonds is 6. The third-order valence-corrected chi connectivity index (χ3v) is 3.78. The molecule has 2 rings (SSSR count). The summed E-state index contributed by atoms with van der Waals surface area (Å²) in [7, 11) is 0. The van der Waals surface area contributed by atoms with Crippen molar-refractivity contribution in [3.63, 3.8) is 0 Å². The molecule has 2 aromatic carbocycles. The van der Waals surface area contributed by atoms with Crippen LogP contribution in [0.4, 0.5) is 0 Å². The van der Waals surface area contributed by atoms with E-state index in [0.29, 0.717) is 0 Å². The second kappa shape index (κ2) is 7.04. The molecule has 0 atom stereocenters. The fourth-order valence-corrected chi connectivity index (χ4v) is 2.69. The van der Waals surface area contributed by atoms with Crippen LogP contribution in [0.3, 0.4) is 0 Å². The lowest BCUT2D eigenvalue weighted by molar-refractivity contribution is 0.0646. The Hall–Kier alpha value is -4.08. The van der Waals surface area contributed by atoms with Crippen LogP contribution in [-0.2, 0) is 6.42 Å². The van der Waals surface area contributed by atoms with Gasteiger partial charge in [-0.25, -0.2) is 19.2 Å². The molecule has 140 valence electrons. The summed E-state index contributed by atoms with van der Waals surface area (Å²) in [6.07, 6.45) is -0.468. The second-order valence-electron chi connectivity index (χ2n) is 5.39. The van der Waals surface area contributed by atoms with E-state index in [1.165, 1.54) is 0 Å². The van der Waals surface area contributed by atoms with Crippen molar-refractivity contribution < 1.29 is 49.8 Å². The number of phenols is 2. The highest BCUT2D eigenvalue weighted by molar-refractivity contribution is 6.06. The van der Waals surface area contributed by atoms with Gasteiger partial charge in [0.25, 0.3) is 0 Å². The van der Waals surface area contributed by atoms with Gasteiger partial charge in [-0.2, -0.15) is 0 Å². The molecule has 0 unspecified atom stereocenters. The number of hydrogen-bond acceptors (Lipinski definition) is 6. The Kier molecular flexibility index (Phi) is 5.02. The van der Waals surface area contributed by atoms with E-state index in [9.17, 15) is 39.6 Å². The standard InChI is InChI=1S/C17H12O10/c18-8-3-1-6(10(14(20)21)12(8)16(24)25)5-7-2-4-9(19)13(17(26)27)11(7)15(22)23/h1-4,18-19H,5H2,(H,20,21)(H,22,23)(H,24,25)(H,26,27). The van der Waals surface area contributed by atoms with E-state index < -0.39 is 64.1 Å². The molecule has 0 saturated carbocycles. The van der Waals surface area contributed by atoms with Gasteiger partial charge in [-0.05, 0) is 29.7 Å². The van der Waals surface area contributed by atoms with Crippen LogP contribution in [0.1, 0.15) is 52.6 Å². The molecule has 0 bridgehead atoms. The molecule has 0 spiro atoms. The Morgan fingerprint density at radius 2 is 0.852 bits per heavy atom. The van der Waals surface area contributed by atoms with Gasteiger partial charge in [0, 0.05) is 0 Å². The molecule has 0 aliphatic rings. The average Bonchev–Trinajstić information content (AvgIpc) is 2.55. The number of benzene rings is 2. The topological polar surface area (TPSA) is 190 Å². The third-order valence-electron chi connectivity index (χ3n) is 3.78. The van der Waals surface area contributed by atoms with Crippen molar-refractivity contribution in [3.05, 3.63) is 57.6 Å². The summed E-state index contributed by atoms with van der Waals surface area (Å²) in [4.78, 5) is 45.6. The van der Waals surface area contributed by atoms with Crippen LogP contribution in [0.5, 0.6) is 11.5 Å². The normalized spacial score (nSPS) is 10.4. The van der Waals surface area contributed by atoms with E-state index in [4.69, 9.17) is 10.2 Å². The first-order valence-electron chi connectivity index (χ1n) is 7.19. The van der Waals surface area contributed by atoms with Crippen LogP contribution in [0, 0.1) is 0 Å². The number of aromatic carboxylic acids is 4. The highest BCUT2D eigenvalue weighted by atomic mass is 16.4. The third kappa shape index (κ3) is 3.49. The minimum atomic E-state index is -1.71. The van der Waals surface area contributed by atoms with E-state index in [2.05, 4.69) is 0 Å². The van der Waals surface area contributed by atoms with Gasteiger partial charge >= 0.3 is 23.9 Å². The smallest absolute Gasteiger partial charge is 0.340 e. The van der Waals surface area contributed by atoms with Gasteiger partial charge in [-0.15, -0.1) is 0 Å².